The van der Waals surface area contributed by atoms with Crippen LogP contribution in [0.15, 0.2) is 30.3 Å². The largest absolute Gasteiger partial charge is 0.479 e. The highest BCUT2D eigenvalue weighted by Crippen LogP contribution is 2.29. The molecule has 2 N–H and O–H groups in total. The molecule has 1 saturated carbocycles. The Morgan fingerprint density at radius 1 is 1.17 bits per heavy atom. The molecule has 3 rings (SSSR count). The Morgan fingerprint density at radius 3 is 2.46 bits per heavy atom. The average molecular weight is 330 g/mol. The molecule has 6 nitrogen and oxygen atoms in total. The minimum Gasteiger partial charge on any atom is -0.479 e. The van der Waals surface area contributed by atoms with Crippen molar-refractivity contribution in [1.82, 2.24) is 10.2 Å². The fourth-order valence-electron chi connectivity index (χ4n) is 3.67. The predicted molar refractivity (Wildman–Crippen MR) is 87.0 cm³/mol. The maximum Gasteiger partial charge on any atom is 0.330 e. The molecule has 0 unspecified atom stereocenters. The van der Waals surface area contributed by atoms with E-state index in [2.05, 4.69) is 5.32 Å². The maximum atomic E-state index is 12.5. The number of carbonyl (C=O) groups is 3. The molecule has 1 aromatic rings. The number of amides is 2. The minimum absolute atomic E-state index is 0.00800. The summed E-state index contributed by atoms with van der Waals surface area (Å²) < 4.78 is 0. The zero-order chi connectivity index (χ0) is 17.1. The third kappa shape index (κ3) is 3.42. The van der Waals surface area contributed by atoms with Crippen LogP contribution in [0.4, 0.5) is 0 Å². The molecule has 2 fully saturated rings. The van der Waals surface area contributed by atoms with E-state index in [1.165, 1.54) is 0 Å². The van der Waals surface area contributed by atoms with Gasteiger partial charge in [-0.25, -0.2) is 4.79 Å². The molecule has 1 heterocycles. The lowest BCUT2D eigenvalue weighted by Crippen LogP contribution is -2.40. The predicted octanol–water partition coefficient (Wildman–Crippen LogP) is 1.72. The fraction of sp³-hybridized carbons (Fsp3) is 0.500. The summed E-state index contributed by atoms with van der Waals surface area (Å²) in [6, 6.07) is 7.76. The van der Waals surface area contributed by atoms with Crippen LogP contribution in [0.2, 0.25) is 0 Å². The van der Waals surface area contributed by atoms with Gasteiger partial charge >= 0.3 is 5.97 Å². The van der Waals surface area contributed by atoms with Crippen LogP contribution in [0.3, 0.4) is 0 Å². The van der Waals surface area contributed by atoms with Gasteiger partial charge < -0.3 is 15.3 Å². The van der Waals surface area contributed by atoms with Crippen molar-refractivity contribution in [3.63, 3.8) is 0 Å². The van der Waals surface area contributed by atoms with Crippen molar-refractivity contribution in [2.45, 2.75) is 44.2 Å². The molecular formula is C18H22N2O4. The molecule has 1 aliphatic heterocycles. The molecule has 1 aliphatic carbocycles. The Bertz CT molecular complexity index is 625. The molecule has 0 bridgehead atoms. The molecule has 6 heteroatoms. The standard InChI is InChI=1S/C18H22N2O4/c21-15-10-13(11-20(15)14-8-4-5-9-14)17(22)19-16(18(23)24)12-6-2-1-3-7-12/h1-3,6-7,13-14,16H,4-5,8-11H2,(H,19,22)(H,23,24)/t13-,16+/m0/s1. The van der Waals surface area contributed by atoms with Crippen molar-refractivity contribution in [1.29, 1.82) is 0 Å². The first-order chi connectivity index (χ1) is 11.6. The third-order valence-electron chi connectivity index (χ3n) is 4.96. The van der Waals surface area contributed by atoms with Gasteiger partial charge in [-0.05, 0) is 18.4 Å². The van der Waals surface area contributed by atoms with Gasteiger partial charge in [-0.15, -0.1) is 0 Å². The molecule has 2 atom stereocenters. The van der Waals surface area contributed by atoms with Gasteiger partial charge in [0, 0.05) is 19.0 Å². The zero-order valence-electron chi connectivity index (χ0n) is 13.5. The SMILES string of the molecule is O=C(N[C@@H](C(=O)O)c1ccccc1)[C@H]1CC(=O)N(C2CCCC2)C1. The second-order valence-corrected chi connectivity index (χ2v) is 6.58. The van der Waals surface area contributed by atoms with Gasteiger partial charge in [0.25, 0.3) is 0 Å². The highest BCUT2D eigenvalue weighted by molar-refractivity contribution is 5.91. The van der Waals surface area contributed by atoms with Gasteiger partial charge in [-0.2, -0.15) is 0 Å². The topological polar surface area (TPSA) is 86.7 Å². The Labute approximate surface area is 140 Å². The van der Waals surface area contributed by atoms with Gasteiger partial charge in [0.2, 0.25) is 11.8 Å². The fourth-order valence-corrected chi connectivity index (χ4v) is 3.67. The summed E-state index contributed by atoms with van der Waals surface area (Å²) >= 11 is 0. The number of nitrogens with zero attached hydrogens (tertiary/aromatic N) is 1. The van der Waals surface area contributed by atoms with Gasteiger partial charge in [-0.1, -0.05) is 43.2 Å². The number of hydrogen-bond acceptors (Lipinski definition) is 3. The van der Waals surface area contributed by atoms with Crippen LogP contribution in [-0.2, 0) is 14.4 Å². The van der Waals surface area contributed by atoms with Gasteiger partial charge in [0.05, 0.1) is 5.92 Å². The number of aliphatic carboxylic acids is 1. The monoisotopic (exact) mass is 330 g/mol. The quantitative estimate of drug-likeness (QED) is 0.860. The Morgan fingerprint density at radius 2 is 1.83 bits per heavy atom. The molecule has 1 saturated heterocycles. The first kappa shape index (κ1) is 16.5. The number of carbonyl (C=O) groups excluding carboxylic acids is 2. The van der Waals surface area contributed by atoms with Crippen molar-refractivity contribution < 1.29 is 19.5 Å². The summed E-state index contributed by atoms with van der Waals surface area (Å²) in [4.78, 5) is 38.0. The summed E-state index contributed by atoms with van der Waals surface area (Å²) in [5.74, 6) is -1.93. The second-order valence-electron chi connectivity index (χ2n) is 6.58. The van der Waals surface area contributed by atoms with Crippen molar-refractivity contribution in [2.24, 2.45) is 5.92 Å². The first-order valence-corrected chi connectivity index (χ1v) is 8.44. The molecule has 128 valence electrons. The van der Waals surface area contributed by atoms with Crippen molar-refractivity contribution >= 4 is 17.8 Å². The maximum absolute atomic E-state index is 12.5. The van der Waals surface area contributed by atoms with E-state index < -0.39 is 17.9 Å². The van der Waals surface area contributed by atoms with Gasteiger partial charge in [-0.3, -0.25) is 9.59 Å². The lowest BCUT2D eigenvalue weighted by molar-refractivity contribution is -0.142. The molecule has 0 spiro atoms. The van der Waals surface area contributed by atoms with Crippen LogP contribution in [0.25, 0.3) is 0 Å². The van der Waals surface area contributed by atoms with Crippen LogP contribution < -0.4 is 5.32 Å². The molecule has 1 aromatic carbocycles. The summed E-state index contributed by atoms with van der Waals surface area (Å²) in [5, 5.41) is 12.0. The van der Waals surface area contributed by atoms with Crippen molar-refractivity contribution in [2.75, 3.05) is 6.54 Å². The number of carboxylic acid groups (broad SMARTS) is 1. The number of likely N-dealkylation sites (tertiary alicyclic amines) is 1. The van der Waals surface area contributed by atoms with Crippen LogP contribution in [-0.4, -0.2) is 40.4 Å². The number of benzene rings is 1. The van der Waals surface area contributed by atoms with Crippen molar-refractivity contribution in [3.05, 3.63) is 35.9 Å². The van der Waals surface area contributed by atoms with Crippen molar-refractivity contribution in [3.8, 4) is 0 Å². The lowest BCUT2D eigenvalue weighted by atomic mass is 10.0. The van der Waals surface area contributed by atoms with E-state index in [1.807, 2.05) is 4.90 Å². The smallest absolute Gasteiger partial charge is 0.330 e. The van der Waals surface area contributed by atoms with E-state index in [4.69, 9.17) is 0 Å². The molecule has 2 aliphatic rings. The molecule has 2 amide bonds. The van der Waals surface area contributed by atoms with E-state index in [0.29, 0.717) is 12.1 Å². The molecule has 24 heavy (non-hydrogen) atoms. The number of carboxylic acids is 1. The van der Waals surface area contributed by atoms with E-state index in [-0.39, 0.29) is 24.3 Å². The van der Waals surface area contributed by atoms with Crippen LogP contribution in [0.5, 0.6) is 0 Å². The summed E-state index contributed by atoms with van der Waals surface area (Å²) in [5.41, 5.74) is 0.523. The number of rotatable bonds is 5. The Balaban J connectivity index is 1.65. The number of nitrogens with one attached hydrogen (secondary N) is 1. The Kier molecular flexibility index (Phi) is 4.83. The van der Waals surface area contributed by atoms with Crippen LogP contribution >= 0.6 is 0 Å². The van der Waals surface area contributed by atoms with E-state index in [0.717, 1.165) is 25.7 Å². The van der Waals surface area contributed by atoms with Gasteiger partial charge in [0.15, 0.2) is 6.04 Å². The average Bonchev–Trinajstić information content (AvgIpc) is 3.22. The molecule has 0 radical (unpaired) electrons. The van der Waals surface area contributed by atoms with Gasteiger partial charge in [0.1, 0.15) is 0 Å². The normalized spacial score (nSPS) is 22.6. The zero-order valence-corrected chi connectivity index (χ0v) is 13.5. The summed E-state index contributed by atoms with van der Waals surface area (Å²) in [7, 11) is 0. The third-order valence-corrected chi connectivity index (χ3v) is 4.96. The van der Waals surface area contributed by atoms with E-state index >= 15 is 0 Å². The van der Waals surface area contributed by atoms with Crippen LogP contribution in [0.1, 0.15) is 43.7 Å². The van der Waals surface area contributed by atoms with E-state index in [9.17, 15) is 19.5 Å². The highest BCUT2D eigenvalue weighted by Gasteiger charge is 2.39. The molecule has 0 aromatic heterocycles. The highest BCUT2D eigenvalue weighted by atomic mass is 16.4. The second kappa shape index (κ2) is 7.03. The van der Waals surface area contributed by atoms with Crippen LogP contribution in [0, 0.1) is 5.92 Å². The minimum atomic E-state index is -1.11. The first-order valence-electron chi connectivity index (χ1n) is 8.44. The number of hydrogen-bond donors (Lipinski definition) is 2. The lowest BCUT2D eigenvalue weighted by Gasteiger charge is -2.24. The Hall–Kier alpha value is -2.37. The summed E-state index contributed by atoms with van der Waals surface area (Å²) in [6.07, 6.45) is 4.42. The molecular weight excluding hydrogens is 308 g/mol. The van der Waals surface area contributed by atoms with E-state index in [1.54, 1.807) is 30.3 Å². The summed E-state index contributed by atoms with van der Waals surface area (Å²) in [6.45, 7) is 0.399.